The van der Waals surface area contributed by atoms with Crippen LogP contribution >= 0.6 is 0 Å². The van der Waals surface area contributed by atoms with E-state index in [-0.39, 0.29) is 11.3 Å². The fraction of sp³-hybridized carbons (Fsp3) is 0.167. The highest BCUT2D eigenvalue weighted by Gasteiger charge is 2.12. The number of hydrogen-bond acceptors (Lipinski definition) is 4. The van der Waals surface area contributed by atoms with Crippen LogP contribution in [0.1, 0.15) is 5.56 Å². The van der Waals surface area contributed by atoms with Crippen molar-refractivity contribution in [3.63, 3.8) is 0 Å². The fourth-order valence-electron chi connectivity index (χ4n) is 1.71. The molecule has 1 aromatic carbocycles. The Labute approximate surface area is 98.0 Å². The molecule has 0 unspecified atom stereocenters. The largest absolute Gasteiger partial charge is 0.507 e. The van der Waals surface area contributed by atoms with Crippen LogP contribution in [0.4, 0.5) is 0 Å². The number of aromatic hydroxyl groups is 1. The summed E-state index contributed by atoms with van der Waals surface area (Å²) in [6.07, 6.45) is 1.75. The van der Waals surface area contributed by atoms with Gasteiger partial charge in [0.1, 0.15) is 5.75 Å². The molecular weight excluding hydrogens is 218 g/mol. The van der Waals surface area contributed by atoms with E-state index in [1.807, 2.05) is 0 Å². The highest BCUT2D eigenvalue weighted by molar-refractivity contribution is 5.69. The van der Waals surface area contributed by atoms with Crippen molar-refractivity contribution in [2.24, 2.45) is 5.73 Å². The summed E-state index contributed by atoms with van der Waals surface area (Å²) in [5.74, 6) is 0.101. The third-order valence-electron chi connectivity index (χ3n) is 2.50. The number of nitrogens with one attached hydrogen (secondary N) is 1. The maximum Gasteiger partial charge on any atom is 0.254 e. The van der Waals surface area contributed by atoms with Crippen molar-refractivity contribution in [2.75, 3.05) is 6.54 Å². The van der Waals surface area contributed by atoms with E-state index in [2.05, 4.69) is 9.97 Å². The Kier molecular flexibility index (Phi) is 3.20. The lowest BCUT2D eigenvalue weighted by Crippen LogP contribution is -2.18. The monoisotopic (exact) mass is 231 g/mol. The molecule has 0 bridgehead atoms. The Hall–Kier alpha value is -2.14. The second-order valence-corrected chi connectivity index (χ2v) is 3.61. The Morgan fingerprint density at radius 3 is 2.82 bits per heavy atom. The summed E-state index contributed by atoms with van der Waals surface area (Å²) in [5, 5.41) is 9.76. The minimum atomic E-state index is -0.219. The minimum absolute atomic E-state index is 0.101. The first-order valence-corrected chi connectivity index (χ1v) is 5.29. The molecule has 0 spiro atoms. The summed E-state index contributed by atoms with van der Waals surface area (Å²) in [4.78, 5) is 18.3. The van der Waals surface area contributed by atoms with Crippen molar-refractivity contribution < 1.29 is 5.11 Å². The predicted octanol–water partition coefficient (Wildman–Crippen LogP) is 0.644. The van der Waals surface area contributed by atoms with Crippen molar-refractivity contribution in [1.82, 2.24) is 9.97 Å². The van der Waals surface area contributed by atoms with Gasteiger partial charge in [-0.3, -0.25) is 4.79 Å². The standard InChI is InChI=1S/C12H13N3O2/c13-6-5-9-11(14-7-15-12(9)17)8-3-1-2-4-10(8)16/h1-4,7,16H,5-6,13H2,(H,14,15,17). The number of phenols is 1. The number of benzene rings is 1. The van der Waals surface area contributed by atoms with E-state index >= 15 is 0 Å². The molecule has 5 heteroatoms. The van der Waals surface area contributed by atoms with Crippen LogP contribution in [-0.4, -0.2) is 21.6 Å². The summed E-state index contributed by atoms with van der Waals surface area (Å²) < 4.78 is 0. The predicted molar refractivity (Wildman–Crippen MR) is 64.7 cm³/mol. The Morgan fingerprint density at radius 2 is 2.12 bits per heavy atom. The van der Waals surface area contributed by atoms with Crippen LogP contribution in [0.25, 0.3) is 11.3 Å². The fourth-order valence-corrected chi connectivity index (χ4v) is 1.71. The first kappa shape index (κ1) is 11.3. The van der Waals surface area contributed by atoms with Gasteiger partial charge >= 0.3 is 0 Å². The van der Waals surface area contributed by atoms with Gasteiger partial charge in [-0.25, -0.2) is 4.98 Å². The SMILES string of the molecule is NCCc1c(-c2ccccc2O)nc[nH]c1=O. The quantitative estimate of drug-likeness (QED) is 0.723. The van der Waals surface area contributed by atoms with Crippen LogP contribution < -0.4 is 11.3 Å². The molecule has 0 atom stereocenters. The average Bonchev–Trinajstić information content (AvgIpc) is 2.33. The number of hydrogen-bond donors (Lipinski definition) is 3. The van der Waals surface area contributed by atoms with Gasteiger partial charge in [-0.05, 0) is 25.1 Å². The molecule has 0 aliphatic rings. The van der Waals surface area contributed by atoms with Crippen LogP contribution in [0.2, 0.25) is 0 Å². The number of rotatable bonds is 3. The molecule has 0 aliphatic carbocycles. The van der Waals surface area contributed by atoms with Crippen LogP contribution in [0.5, 0.6) is 5.75 Å². The van der Waals surface area contributed by atoms with E-state index < -0.39 is 0 Å². The average molecular weight is 231 g/mol. The van der Waals surface area contributed by atoms with Crippen molar-refractivity contribution in [3.05, 3.63) is 46.5 Å². The molecule has 0 radical (unpaired) electrons. The van der Waals surface area contributed by atoms with Gasteiger partial charge in [0.25, 0.3) is 5.56 Å². The molecule has 4 N–H and O–H groups in total. The molecule has 1 aromatic heterocycles. The van der Waals surface area contributed by atoms with Crippen molar-refractivity contribution in [3.8, 4) is 17.0 Å². The molecule has 88 valence electrons. The molecule has 2 rings (SSSR count). The normalized spacial score (nSPS) is 10.4. The zero-order valence-corrected chi connectivity index (χ0v) is 9.18. The van der Waals surface area contributed by atoms with Crippen LogP contribution in [0, 0.1) is 0 Å². The highest BCUT2D eigenvalue weighted by atomic mass is 16.3. The van der Waals surface area contributed by atoms with Gasteiger partial charge in [0.15, 0.2) is 0 Å². The molecule has 1 heterocycles. The number of aromatic amines is 1. The van der Waals surface area contributed by atoms with Gasteiger partial charge in [-0.1, -0.05) is 12.1 Å². The van der Waals surface area contributed by atoms with Crippen molar-refractivity contribution in [2.45, 2.75) is 6.42 Å². The molecule has 2 aromatic rings. The Morgan fingerprint density at radius 1 is 1.35 bits per heavy atom. The Balaban J connectivity index is 2.63. The van der Waals surface area contributed by atoms with E-state index in [0.717, 1.165) is 0 Å². The molecule has 17 heavy (non-hydrogen) atoms. The third-order valence-corrected chi connectivity index (χ3v) is 2.50. The molecule has 0 saturated carbocycles. The lowest BCUT2D eigenvalue weighted by atomic mass is 10.0. The summed E-state index contributed by atoms with van der Waals surface area (Å²) in [5.41, 5.74) is 6.78. The van der Waals surface area contributed by atoms with Gasteiger partial charge in [0.2, 0.25) is 0 Å². The molecule has 0 aliphatic heterocycles. The van der Waals surface area contributed by atoms with Crippen LogP contribution in [-0.2, 0) is 6.42 Å². The lowest BCUT2D eigenvalue weighted by molar-refractivity contribution is 0.477. The summed E-state index contributed by atoms with van der Waals surface area (Å²) >= 11 is 0. The highest BCUT2D eigenvalue weighted by Crippen LogP contribution is 2.27. The van der Waals surface area contributed by atoms with E-state index in [1.165, 1.54) is 6.33 Å². The van der Waals surface area contributed by atoms with Gasteiger partial charge < -0.3 is 15.8 Å². The third kappa shape index (κ3) is 2.19. The number of phenolic OH excluding ortho intramolecular Hbond substituents is 1. The van der Waals surface area contributed by atoms with E-state index in [4.69, 9.17) is 5.73 Å². The molecule has 0 saturated heterocycles. The van der Waals surface area contributed by atoms with E-state index in [9.17, 15) is 9.90 Å². The molecule has 5 nitrogen and oxygen atoms in total. The van der Waals surface area contributed by atoms with Crippen molar-refractivity contribution >= 4 is 0 Å². The zero-order valence-electron chi connectivity index (χ0n) is 9.18. The van der Waals surface area contributed by atoms with Gasteiger partial charge in [-0.15, -0.1) is 0 Å². The second-order valence-electron chi connectivity index (χ2n) is 3.61. The smallest absolute Gasteiger partial charge is 0.254 e. The number of H-pyrrole nitrogens is 1. The number of nitrogens with two attached hydrogens (primary N) is 1. The van der Waals surface area contributed by atoms with Gasteiger partial charge in [0, 0.05) is 11.1 Å². The molecule has 0 amide bonds. The first-order chi connectivity index (χ1) is 8.24. The van der Waals surface area contributed by atoms with Crippen molar-refractivity contribution in [1.29, 1.82) is 0 Å². The lowest BCUT2D eigenvalue weighted by Gasteiger charge is -2.07. The first-order valence-electron chi connectivity index (χ1n) is 5.29. The van der Waals surface area contributed by atoms with Gasteiger partial charge in [0.05, 0.1) is 12.0 Å². The molecule has 0 fully saturated rings. The summed E-state index contributed by atoms with van der Waals surface area (Å²) in [6.45, 7) is 0.357. The maximum atomic E-state index is 11.7. The minimum Gasteiger partial charge on any atom is -0.507 e. The van der Waals surface area contributed by atoms with Crippen LogP contribution in [0.3, 0.4) is 0 Å². The second kappa shape index (κ2) is 4.80. The number of aromatic nitrogens is 2. The zero-order chi connectivity index (χ0) is 12.3. The van der Waals surface area contributed by atoms with Crippen LogP contribution in [0.15, 0.2) is 35.4 Å². The van der Waals surface area contributed by atoms with E-state index in [0.29, 0.717) is 29.8 Å². The topological polar surface area (TPSA) is 92.0 Å². The number of nitrogens with zero attached hydrogens (tertiary/aromatic N) is 1. The number of para-hydroxylation sites is 1. The van der Waals surface area contributed by atoms with E-state index in [1.54, 1.807) is 24.3 Å². The maximum absolute atomic E-state index is 11.7. The summed E-state index contributed by atoms with van der Waals surface area (Å²) in [6, 6.07) is 6.78. The Bertz CT molecular complexity index is 578. The van der Waals surface area contributed by atoms with Gasteiger partial charge in [-0.2, -0.15) is 0 Å². The summed E-state index contributed by atoms with van der Waals surface area (Å²) in [7, 11) is 0. The molecular formula is C12H13N3O2.